The molecule has 1 saturated heterocycles. The summed E-state index contributed by atoms with van der Waals surface area (Å²) < 4.78 is 5.28. The van der Waals surface area contributed by atoms with Gasteiger partial charge >= 0.3 is 0 Å². The van der Waals surface area contributed by atoms with Crippen molar-refractivity contribution in [3.63, 3.8) is 0 Å². The molecule has 106 valence electrons. The molecule has 6 heteroatoms. The van der Waals surface area contributed by atoms with Crippen LogP contribution in [0.15, 0.2) is 4.52 Å². The minimum Gasteiger partial charge on any atom is -0.359 e. The van der Waals surface area contributed by atoms with Crippen molar-refractivity contribution in [3.8, 4) is 0 Å². The molecule has 2 heterocycles. The molecule has 1 amide bonds. The van der Waals surface area contributed by atoms with E-state index < -0.39 is 0 Å². The van der Waals surface area contributed by atoms with Crippen LogP contribution in [0.25, 0.3) is 0 Å². The number of nitrogens with one attached hydrogen (secondary N) is 1. The van der Waals surface area contributed by atoms with Gasteiger partial charge in [-0.25, -0.2) is 0 Å². The molecule has 1 fully saturated rings. The lowest BCUT2D eigenvalue weighted by molar-refractivity contribution is -0.126. The van der Waals surface area contributed by atoms with E-state index in [1.165, 1.54) is 0 Å². The zero-order valence-corrected chi connectivity index (χ0v) is 11.8. The molecule has 6 nitrogen and oxygen atoms in total. The Hall–Kier alpha value is -1.43. The Balaban J connectivity index is 1.92. The number of aryl methyl sites for hydroxylation is 1. The number of rotatable bonds is 4. The number of carbonyl (C=O) groups is 1. The first kappa shape index (κ1) is 14.0. The molecule has 1 aromatic heterocycles. The summed E-state index contributed by atoms with van der Waals surface area (Å²) in [6.07, 6.45) is 2.56. The number of amides is 1. The summed E-state index contributed by atoms with van der Waals surface area (Å²) in [7, 11) is 1.70. The van der Waals surface area contributed by atoms with Crippen molar-refractivity contribution >= 4 is 5.91 Å². The Morgan fingerprint density at radius 1 is 1.53 bits per heavy atom. The van der Waals surface area contributed by atoms with E-state index in [1.807, 2.05) is 6.92 Å². The van der Waals surface area contributed by atoms with Gasteiger partial charge in [0.05, 0.1) is 6.04 Å². The highest BCUT2D eigenvalue weighted by molar-refractivity contribution is 5.78. The Morgan fingerprint density at radius 2 is 2.21 bits per heavy atom. The second kappa shape index (κ2) is 6.14. The summed E-state index contributed by atoms with van der Waals surface area (Å²) in [6.45, 7) is 5.87. The fraction of sp³-hybridized carbons (Fsp3) is 0.769. The van der Waals surface area contributed by atoms with Gasteiger partial charge in [0.1, 0.15) is 0 Å². The predicted octanol–water partition coefficient (Wildman–Crippen LogP) is 1.15. The van der Waals surface area contributed by atoms with Gasteiger partial charge in [-0.05, 0) is 32.9 Å². The number of piperidine rings is 1. The fourth-order valence-electron chi connectivity index (χ4n) is 2.49. The van der Waals surface area contributed by atoms with Crippen molar-refractivity contribution in [1.82, 2.24) is 20.4 Å². The monoisotopic (exact) mass is 266 g/mol. The third-order valence-corrected chi connectivity index (χ3v) is 3.85. The van der Waals surface area contributed by atoms with E-state index in [9.17, 15) is 4.79 Å². The standard InChI is InChI=1S/C13H22N4O2/c1-4-11-15-13(19-16-11)9(2)17-7-5-10(6-8-17)12(18)14-3/h9-10H,4-8H2,1-3H3,(H,14,18)/t9-/m1/s1. The summed E-state index contributed by atoms with van der Waals surface area (Å²) in [4.78, 5) is 18.3. The molecule has 1 N–H and O–H groups in total. The van der Waals surface area contributed by atoms with E-state index in [2.05, 4.69) is 27.3 Å². The van der Waals surface area contributed by atoms with Crippen molar-refractivity contribution in [2.24, 2.45) is 5.92 Å². The van der Waals surface area contributed by atoms with Crippen LogP contribution in [0.1, 0.15) is 44.4 Å². The van der Waals surface area contributed by atoms with Crippen LogP contribution in [0.5, 0.6) is 0 Å². The van der Waals surface area contributed by atoms with E-state index in [0.29, 0.717) is 5.89 Å². The van der Waals surface area contributed by atoms with Crippen LogP contribution in [0.4, 0.5) is 0 Å². The van der Waals surface area contributed by atoms with Crippen LogP contribution >= 0.6 is 0 Å². The lowest BCUT2D eigenvalue weighted by Crippen LogP contribution is -2.40. The van der Waals surface area contributed by atoms with E-state index in [0.717, 1.165) is 38.2 Å². The lowest BCUT2D eigenvalue weighted by Gasteiger charge is -2.33. The normalized spacial score (nSPS) is 19.3. The zero-order valence-electron chi connectivity index (χ0n) is 11.8. The maximum atomic E-state index is 11.6. The molecule has 0 radical (unpaired) electrons. The van der Waals surface area contributed by atoms with Crippen LogP contribution in [0.2, 0.25) is 0 Å². The highest BCUT2D eigenvalue weighted by Crippen LogP contribution is 2.25. The second-order valence-corrected chi connectivity index (χ2v) is 5.00. The molecule has 0 spiro atoms. The van der Waals surface area contributed by atoms with Crippen LogP contribution < -0.4 is 5.32 Å². The van der Waals surface area contributed by atoms with Crippen LogP contribution in [-0.4, -0.2) is 41.1 Å². The second-order valence-electron chi connectivity index (χ2n) is 5.00. The molecule has 0 aromatic carbocycles. The Kier molecular flexibility index (Phi) is 4.52. The van der Waals surface area contributed by atoms with E-state index >= 15 is 0 Å². The first-order valence-corrected chi connectivity index (χ1v) is 6.93. The van der Waals surface area contributed by atoms with Crippen LogP contribution in [0.3, 0.4) is 0 Å². The smallest absolute Gasteiger partial charge is 0.243 e. The van der Waals surface area contributed by atoms with Gasteiger partial charge in [0.15, 0.2) is 5.82 Å². The molecule has 1 aliphatic heterocycles. The van der Waals surface area contributed by atoms with Gasteiger partial charge < -0.3 is 9.84 Å². The minimum atomic E-state index is 0.124. The summed E-state index contributed by atoms with van der Waals surface area (Å²) in [6, 6.07) is 0.124. The molecule has 2 rings (SSSR count). The first-order chi connectivity index (χ1) is 9.15. The maximum Gasteiger partial charge on any atom is 0.243 e. The largest absolute Gasteiger partial charge is 0.359 e. The van der Waals surface area contributed by atoms with Crippen LogP contribution in [-0.2, 0) is 11.2 Å². The summed E-state index contributed by atoms with van der Waals surface area (Å²) in [5, 5.41) is 6.65. The Labute approximate surface area is 113 Å². The highest BCUT2D eigenvalue weighted by Gasteiger charge is 2.29. The van der Waals surface area contributed by atoms with E-state index in [-0.39, 0.29) is 17.9 Å². The van der Waals surface area contributed by atoms with Gasteiger partial charge in [0, 0.05) is 19.4 Å². The molecule has 0 bridgehead atoms. The van der Waals surface area contributed by atoms with E-state index in [1.54, 1.807) is 7.05 Å². The highest BCUT2D eigenvalue weighted by atomic mass is 16.5. The predicted molar refractivity (Wildman–Crippen MR) is 70.5 cm³/mol. The average Bonchev–Trinajstić information content (AvgIpc) is 2.94. The zero-order chi connectivity index (χ0) is 13.8. The van der Waals surface area contributed by atoms with Gasteiger partial charge in [0.2, 0.25) is 11.8 Å². The Morgan fingerprint density at radius 3 is 2.74 bits per heavy atom. The van der Waals surface area contributed by atoms with Gasteiger partial charge in [0.25, 0.3) is 0 Å². The fourth-order valence-corrected chi connectivity index (χ4v) is 2.49. The molecule has 0 saturated carbocycles. The van der Waals surface area contributed by atoms with Crippen LogP contribution in [0, 0.1) is 5.92 Å². The quantitative estimate of drug-likeness (QED) is 0.885. The van der Waals surface area contributed by atoms with Gasteiger partial charge in [-0.2, -0.15) is 4.98 Å². The van der Waals surface area contributed by atoms with E-state index in [4.69, 9.17) is 4.52 Å². The minimum absolute atomic E-state index is 0.124. The number of hydrogen-bond donors (Lipinski definition) is 1. The van der Waals surface area contributed by atoms with Gasteiger partial charge in [-0.1, -0.05) is 12.1 Å². The molecule has 1 aromatic rings. The number of nitrogens with zero attached hydrogens (tertiary/aromatic N) is 3. The lowest BCUT2D eigenvalue weighted by atomic mass is 9.95. The first-order valence-electron chi connectivity index (χ1n) is 6.93. The van der Waals surface area contributed by atoms with Gasteiger partial charge in [-0.3, -0.25) is 9.69 Å². The molecular formula is C13H22N4O2. The molecule has 1 atom stereocenters. The average molecular weight is 266 g/mol. The SMILES string of the molecule is CCc1noc([C@@H](C)N2CCC(C(=O)NC)CC2)n1. The molecule has 0 unspecified atom stereocenters. The topological polar surface area (TPSA) is 71.3 Å². The van der Waals surface area contributed by atoms with Crippen molar-refractivity contribution in [2.75, 3.05) is 20.1 Å². The summed E-state index contributed by atoms with van der Waals surface area (Å²) >= 11 is 0. The number of aromatic nitrogens is 2. The van der Waals surface area contributed by atoms with Crippen molar-refractivity contribution < 1.29 is 9.32 Å². The summed E-state index contributed by atoms with van der Waals surface area (Å²) in [5.41, 5.74) is 0. The third-order valence-electron chi connectivity index (χ3n) is 3.85. The van der Waals surface area contributed by atoms with Crippen molar-refractivity contribution in [1.29, 1.82) is 0 Å². The van der Waals surface area contributed by atoms with Crippen molar-refractivity contribution in [2.45, 2.75) is 39.2 Å². The number of hydrogen-bond acceptors (Lipinski definition) is 5. The summed E-state index contributed by atoms with van der Waals surface area (Å²) in [5.74, 6) is 1.72. The molecule has 1 aliphatic rings. The van der Waals surface area contributed by atoms with Crippen molar-refractivity contribution in [3.05, 3.63) is 11.7 Å². The third kappa shape index (κ3) is 3.12. The molecule has 19 heavy (non-hydrogen) atoms. The maximum absolute atomic E-state index is 11.6. The molecule has 0 aliphatic carbocycles. The Bertz CT molecular complexity index is 424. The number of likely N-dealkylation sites (tertiary alicyclic amines) is 1. The van der Waals surface area contributed by atoms with Gasteiger partial charge in [-0.15, -0.1) is 0 Å². The molecular weight excluding hydrogens is 244 g/mol. The number of carbonyl (C=O) groups excluding carboxylic acids is 1.